The summed E-state index contributed by atoms with van der Waals surface area (Å²) < 4.78 is 5.95. The number of amides is 1. The molecule has 0 saturated heterocycles. The summed E-state index contributed by atoms with van der Waals surface area (Å²) in [5.74, 6) is 0.274. The van der Waals surface area contributed by atoms with Crippen LogP contribution in [-0.2, 0) is 16.2 Å². The van der Waals surface area contributed by atoms with E-state index in [0.717, 1.165) is 46.5 Å². The van der Waals surface area contributed by atoms with Crippen LogP contribution in [0.1, 0.15) is 47.4 Å². The van der Waals surface area contributed by atoms with Crippen LogP contribution in [-0.4, -0.2) is 17.4 Å². The number of rotatable bonds is 8. The number of nitrogens with one attached hydrogen (secondary N) is 2. The average molecular weight is 550 g/mol. The van der Waals surface area contributed by atoms with Crippen molar-refractivity contribution < 1.29 is 14.3 Å². The minimum absolute atomic E-state index is 0.0625. The molecular weight excluding hydrogens is 518 g/mol. The minimum atomic E-state index is -0.484. The van der Waals surface area contributed by atoms with Crippen LogP contribution in [0.15, 0.2) is 94.7 Å². The average Bonchev–Trinajstić information content (AvgIpc) is 2.96. The van der Waals surface area contributed by atoms with E-state index in [4.69, 9.17) is 4.74 Å². The number of carbonyl (C=O) groups is 2. The van der Waals surface area contributed by atoms with Crippen LogP contribution in [0.3, 0.4) is 0 Å². The minimum Gasteiger partial charge on any atom is -0.489 e. The van der Waals surface area contributed by atoms with Crippen molar-refractivity contribution in [1.82, 2.24) is 5.32 Å². The third-order valence-electron chi connectivity index (χ3n) is 7.13. The second-order valence-electron chi connectivity index (χ2n) is 10.1. The second kappa shape index (κ2) is 12.3. The molecular formula is C33H31N3O3S. The highest BCUT2D eigenvalue weighted by Gasteiger charge is 2.37. The Labute approximate surface area is 239 Å². The van der Waals surface area contributed by atoms with Crippen molar-refractivity contribution in [3.63, 3.8) is 0 Å². The van der Waals surface area contributed by atoms with Gasteiger partial charge in [-0.3, -0.25) is 9.59 Å². The van der Waals surface area contributed by atoms with E-state index in [0.29, 0.717) is 35.0 Å². The van der Waals surface area contributed by atoms with E-state index >= 15 is 0 Å². The van der Waals surface area contributed by atoms with Crippen LogP contribution in [0.4, 0.5) is 5.69 Å². The highest BCUT2D eigenvalue weighted by Crippen LogP contribution is 2.44. The molecule has 0 spiro atoms. The van der Waals surface area contributed by atoms with Crippen LogP contribution in [0.2, 0.25) is 0 Å². The van der Waals surface area contributed by atoms with Gasteiger partial charge in [-0.2, -0.15) is 5.26 Å². The van der Waals surface area contributed by atoms with Crippen molar-refractivity contribution in [3.05, 3.63) is 117 Å². The lowest BCUT2D eigenvalue weighted by Gasteiger charge is -2.33. The molecule has 40 heavy (non-hydrogen) atoms. The van der Waals surface area contributed by atoms with Crippen molar-refractivity contribution in [2.24, 2.45) is 0 Å². The van der Waals surface area contributed by atoms with Crippen molar-refractivity contribution in [2.45, 2.75) is 45.6 Å². The first-order chi connectivity index (χ1) is 19.4. The van der Waals surface area contributed by atoms with Gasteiger partial charge in [0.25, 0.3) is 0 Å². The smallest absolute Gasteiger partial charge is 0.234 e. The van der Waals surface area contributed by atoms with E-state index < -0.39 is 5.92 Å². The molecule has 0 radical (unpaired) electrons. The molecule has 1 aliphatic carbocycles. The van der Waals surface area contributed by atoms with E-state index in [1.54, 1.807) is 0 Å². The summed E-state index contributed by atoms with van der Waals surface area (Å²) in [7, 11) is 0. The molecule has 5 rings (SSSR count). The van der Waals surface area contributed by atoms with Gasteiger partial charge in [0.15, 0.2) is 5.78 Å². The number of hydrogen-bond donors (Lipinski definition) is 2. The van der Waals surface area contributed by atoms with Gasteiger partial charge in [-0.1, -0.05) is 71.9 Å². The Morgan fingerprint density at radius 1 is 1.07 bits per heavy atom. The SMILES string of the molecule is Cc1ccc(NC(=O)CSC2=C(C#N)[C@@H](c3ccc(OCc4ccccc4)cc3)C3=C(CCCC3=O)N2)c(C)c1. The number of nitrogens with zero attached hydrogens (tertiary/aromatic N) is 1. The Morgan fingerprint density at radius 2 is 1.85 bits per heavy atom. The Morgan fingerprint density at radius 3 is 2.58 bits per heavy atom. The number of dihydropyridines is 1. The summed E-state index contributed by atoms with van der Waals surface area (Å²) in [5, 5.41) is 17.2. The van der Waals surface area contributed by atoms with Gasteiger partial charge < -0.3 is 15.4 Å². The number of carbonyl (C=O) groups excluding carboxylic acids is 2. The first-order valence-electron chi connectivity index (χ1n) is 13.4. The molecule has 3 aromatic rings. The highest BCUT2D eigenvalue weighted by molar-refractivity contribution is 8.03. The number of ether oxygens (including phenoxy) is 1. The molecule has 0 unspecified atom stereocenters. The Balaban J connectivity index is 1.36. The van der Waals surface area contributed by atoms with E-state index in [2.05, 4.69) is 16.7 Å². The highest BCUT2D eigenvalue weighted by atomic mass is 32.2. The fourth-order valence-electron chi connectivity index (χ4n) is 5.15. The summed E-state index contributed by atoms with van der Waals surface area (Å²) in [4.78, 5) is 25.9. The van der Waals surface area contributed by atoms with Gasteiger partial charge in [0.1, 0.15) is 12.4 Å². The van der Waals surface area contributed by atoms with Crippen LogP contribution in [0.25, 0.3) is 0 Å². The molecule has 6 nitrogen and oxygen atoms in total. The molecule has 7 heteroatoms. The van der Waals surface area contributed by atoms with E-state index in [9.17, 15) is 14.9 Å². The van der Waals surface area contributed by atoms with Gasteiger partial charge in [-0.25, -0.2) is 0 Å². The fraction of sp³-hybridized carbons (Fsp3) is 0.242. The molecule has 2 aliphatic rings. The number of benzene rings is 3. The van der Waals surface area contributed by atoms with Crippen molar-refractivity contribution >= 4 is 29.1 Å². The zero-order chi connectivity index (χ0) is 28.1. The summed E-state index contributed by atoms with van der Waals surface area (Å²) in [6.45, 7) is 4.43. The normalized spacial score (nSPS) is 16.6. The number of allylic oxidation sites excluding steroid dienone is 3. The van der Waals surface area contributed by atoms with Crippen molar-refractivity contribution in [3.8, 4) is 11.8 Å². The largest absolute Gasteiger partial charge is 0.489 e. The van der Waals surface area contributed by atoms with Crippen LogP contribution >= 0.6 is 11.8 Å². The monoisotopic (exact) mass is 549 g/mol. The molecule has 0 bridgehead atoms. The van der Waals surface area contributed by atoms with Gasteiger partial charge in [0, 0.05) is 23.4 Å². The lowest BCUT2D eigenvalue weighted by molar-refractivity contribution is -0.116. The van der Waals surface area contributed by atoms with E-state index in [1.807, 2.05) is 86.6 Å². The van der Waals surface area contributed by atoms with Crippen LogP contribution in [0, 0.1) is 25.2 Å². The van der Waals surface area contributed by atoms with Gasteiger partial charge in [0.2, 0.25) is 5.91 Å². The maximum absolute atomic E-state index is 13.1. The zero-order valence-electron chi connectivity index (χ0n) is 22.6. The summed E-state index contributed by atoms with van der Waals surface area (Å²) in [6.07, 6.45) is 1.96. The Kier molecular flexibility index (Phi) is 8.37. The zero-order valence-corrected chi connectivity index (χ0v) is 23.4. The van der Waals surface area contributed by atoms with Gasteiger partial charge in [-0.05, 0) is 61.6 Å². The molecule has 0 fully saturated rings. The number of aryl methyl sites for hydroxylation is 2. The van der Waals surface area contributed by atoms with Crippen LogP contribution in [0.5, 0.6) is 5.75 Å². The molecule has 3 aromatic carbocycles. The lowest BCUT2D eigenvalue weighted by atomic mass is 9.77. The summed E-state index contributed by atoms with van der Waals surface area (Å²) in [5.41, 5.74) is 6.79. The third-order valence-corrected chi connectivity index (χ3v) is 8.15. The first-order valence-corrected chi connectivity index (χ1v) is 14.4. The van der Waals surface area contributed by atoms with Gasteiger partial charge in [0.05, 0.1) is 28.3 Å². The quantitative estimate of drug-likeness (QED) is 0.326. The van der Waals surface area contributed by atoms with Crippen LogP contribution < -0.4 is 15.4 Å². The van der Waals surface area contributed by atoms with Gasteiger partial charge in [-0.15, -0.1) is 0 Å². The predicted octanol–water partition coefficient (Wildman–Crippen LogP) is 6.68. The predicted molar refractivity (Wildman–Crippen MR) is 159 cm³/mol. The molecule has 1 aliphatic heterocycles. The Hall–Kier alpha value is -4.28. The first kappa shape index (κ1) is 27.3. The topological polar surface area (TPSA) is 91.2 Å². The molecule has 0 saturated carbocycles. The van der Waals surface area contributed by atoms with Gasteiger partial charge >= 0.3 is 0 Å². The number of hydrogen-bond acceptors (Lipinski definition) is 6. The summed E-state index contributed by atoms with van der Waals surface area (Å²) in [6, 6.07) is 25.8. The maximum atomic E-state index is 13.1. The number of nitriles is 1. The number of Topliss-reactive ketones (excluding diaryl/α,β-unsaturated/α-hetero) is 1. The van der Waals surface area contributed by atoms with Crippen molar-refractivity contribution in [1.29, 1.82) is 5.26 Å². The number of ketones is 1. The fourth-order valence-corrected chi connectivity index (χ4v) is 6.01. The third kappa shape index (κ3) is 6.13. The molecule has 202 valence electrons. The molecule has 1 atom stereocenters. The maximum Gasteiger partial charge on any atom is 0.234 e. The van der Waals surface area contributed by atoms with E-state index in [-0.39, 0.29) is 17.4 Å². The lowest BCUT2D eigenvalue weighted by Crippen LogP contribution is -2.31. The standard InChI is InChI=1S/C33H31N3O3S/c1-21-11-16-27(22(2)17-21)35-30(38)20-40-33-26(18-34)31(32-28(36-33)9-6-10-29(32)37)24-12-14-25(15-13-24)39-19-23-7-4-3-5-8-23/h3-5,7-8,11-17,31,36H,6,9-10,19-20H2,1-2H3,(H,35,38)/t31-/m1/s1. The Bertz CT molecular complexity index is 1540. The molecule has 1 amide bonds. The molecule has 1 heterocycles. The second-order valence-corrected chi connectivity index (χ2v) is 11.1. The van der Waals surface area contributed by atoms with Crippen molar-refractivity contribution in [2.75, 3.05) is 11.1 Å². The molecule has 0 aromatic heterocycles. The van der Waals surface area contributed by atoms with E-state index in [1.165, 1.54) is 11.8 Å². The number of anilines is 1. The summed E-state index contributed by atoms with van der Waals surface area (Å²) >= 11 is 1.29. The molecule has 2 N–H and O–H groups in total. The number of thioether (sulfide) groups is 1.